The Balaban J connectivity index is 2.03. The number of hydrogen-bond donors (Lipinski definition) is 1. The summed E-state index contributed by atoms with van der Waals surface area (Å²) >= 11 is 0. The third kappa shape index (κ3) is 2.02. The number of aliphatic hydroxyl groups excluding tert-OH is 1. The molecule has 1 aliphatic heterocycles. The maximum absolute atomic E-state index is 12.5. The van der Waals surface area contributed by atoms with Crippen LogP contribution in [0.1, 0.15) is 21.5 Å². The Morgan fingerprint density at radius 3 is 2.63 bits per heavy atom. The van der Waals surface area contributed by atoms with Gasteiger partial charge in [0.2, 0.25) is 0 Å². The fourth-order valence-electron chi connectivity index (χ4n) is 2.56. The Labute approximate surface area is 112 Å². The van der Waals surface area contributed by atoms with Crippen molar-refractivity contribution in [2.75, 3.05) is 11.4 Å². The van der Waals surface area contributed by atoms with Crippen molar-refractivity contribution in [3.05, 3.63) is 65.2 Å². The molecule has 1 N–H and O–H groups in total. The van der Waals surface area contributed by atoms with Gasteiger partial charge in [-0.15, -0.1) is 0 Å². The molecular weight excluding hydrogens is 238 g/mol. The summed E-state index contributed by atoms with van der Waals surface area (Å²) in [5, 5.41) is 9.39. The second-order valence-electron chi connectivity index (χ2n) is 4.65. The number of benzene rings is 2. The molecule has 0 atom stereocenters. The molecule has 0 radical (unpaired) electrons. The minimum absolute atomic E-state index is 0.0164. The average molecular weight is 253 g/mol. The molecule has 0 bridgehead atoms. The second-order valence-corrected chi connectivity index (χ2v) is 4.65. The maximum Gasteiger partial charge on any atom is 0.258 e. The van der Waals surface area contributed by atoms with Crippen LogP contribution in [0.25, 0.3) is 0 Å². The van der Waals surface area contributed by atoms with E-state index < -0.39 is 0 Å². The lowest BCUT2D eigenvalue weighted by molar-refractivity contribution is 0.0980. The third-order valence-corrected chi connectivity index (χ3v) is 3.55. The van der Waals surface area contributed by atoms with E-state index in [9.17, 15) is 9.90 Å². The lowest BCUT2D eigenvalue weighted by Crippen LogP contribution is -2.38. The van der Waals surface area contributed by atoms with Crippen LogP contribution in [0.15, 0.2) is 48.5 Å². The Morgan fingerprint density at radius 1 is 1.05 bits per heavy atom. The van der Waals surface area contributed by atoms with Crippen LogP contribution >= 0.6 is 0 Å². The van der Waals surface area contributed by atoms with Crippen molar-refractivity contribution < 1.29 is 9.90 Å². The van der Waals surface area contributed by atoms with E-state index in [1.807, 2.05) is 48.5 Å². The molecule has 1 heterocycles. The van der Waals surface area contributed by atoms with Crippen molar-refractivity contribution in [3.63, 3.8) is 0 Å². The van der Waals surface area contributed by atoms with Crippen molar-refractivity contribution in [2.45, 2.75) is 13.0 Å². The Hall–Kier alpha value is -2.13. The number of carbonyl (C=O) groups excluding carboxylic acids is 1. The summed E-state index contributed by atoms with van der Waals surface area (Å²) in [6, 6.07) is 15.2. The molecule has 2 aromatic carbocycles. The van der Waals surface area contributed by atoms with Crippen LogP contribution in [0.5, 0.6) is 0 Å². The van der Waals surface area contributed by atoms with Gasteiger partial charge < -0.3 is 10.0 Å². The molecule has 0 aromatic heterocycles. The number of rotatable bonds is 2. The predicted octanol–water partition coefficient (Wildman–Crippen LogP) is 2.38. The first-order chi connectivity index (χ1) is 9.31. The van der Waals surface area contributed by atoms with E-state index in [0.29, 0.717) is 6.54 Å². The van der Waals surface area contributed by atoms with Gasteiger partial charge in [0, 0.05) is 23.4 Å². The van der Waals surface area contributed by atoms with Crippen LogP contribution in [-0.4, -0.2) is 17.6 Å². The first-order valence-electron chi connectivity index (χ1n) is 6.40. The molecule has 0 unspecified atom stereocenters. The highest BCUT2D eigenvalue weighted by Crippen LogP contribution is 2.27. The van der Waals surface area contributed by atoms with Crippen LogP contribution in [0.2, 0.25) is 0 Å². The van der Waals surface area contributed by atoms with Gasteiger partial charge in [-0.1, -0.05) is 36.4 Å². The molecule has 0 spiro atoms. The lowest BCUT2D eigenvalue weighted by Gasteiger charge is -2.30. The highest BCUT2D eigenvalue weighted by molar-refractivity contribution is 6.08. The summed E-state index contributed by atoms with van der Waals surface area (Å²) in [6.45, 7) is 0.606. The molecule has 0 aliphatic carbocycles. The van der Waals surface area contributed by atoms with Gasteiger partial charge in [0.25, 0.3) is 5.91 Å². The van der Waals surface area contributed by atoms with Gasteiger partial charge in [0.05, 0.1) is 6.61 Å². The van der Waals surface area contributed by atoms with E-state index in [-0.39, 0.29) is 12.5 Å². The van der Waals surface area contributed by atoms with Gasteiger partial charge in [-0.25, -0.2) is 0 Å². The maximum atomic E-state index is 12.5. The molecule has 96 valence electrons. The summed E-state index contributed by atoms with van der Waals surface area (Å²) in [4.78, 5) is 14.3. The van der Waals surface area contributed by atoms with Crippen LogP contribution in [0.3, 0.4) is 0 Å². The summed E-state index contributed by atoms with van der Waals surface area (Å²) in [5.74, 6) is 0.0164. The first-order valence-corrected chi connectivity index (χ1v) is 6.40. The molecular formula is C16H15NO2. The van der Waals surface area contributed by atoms with Gasteiger partial charge >= 0.3 is 0 Å². The number of para-hydroxylation sites is 1. The van der Waals surface area contributed by atoms with Crippen molar-refractivity contribution in [1.82, 2.24) is 0 Å². The van der Waals surface area contributed by atoms with Crippen LogP contribution < -0.4 is 4.90 Å². The number of anilines is 1. The van der Waals surface area contributed by atoms with Gasteiger partial charge in [-0.05, 0) is 24.1 Å². The largest absolute Gasteiger partial charge is 0.392 e. The predicted molar refractivity (Wildman–Crippen MR) is 74.2 cm³/mol. The van der Waals surface area contributed by atoms with Crippen molar-refractivity contribution in [1.29, 1.82) is 0 Å². The molecule has 0 fully saturated rings. The minimum atomic E-state index is -0.0540. The van der Waals surface area contributed by atoms with Crippen LogP contribution in [-0.2, 0) is 13.0 Å². The number of fused-ring (bicyclic) bond motifs is 1. The minimum Gasteiger partial charge on any atom is -0.392 e. The van der Waals surface area contributed by atoms with Crippen LogP contribution in [0.4, 0.5) is 5.69 Å². The first kappa shape index (κ1) is 11.9. The quantitative estimate of drug-likeness (QED) is 0.892. The van der Waals surface area contributed by atoms with E-state index in [1.54, 1.807) is 4.90 Å². The van der Waals surface area contributed by atoms with E-state index in [0.717, 1.165) is 28.8 Å². The van der Waals surface area contributed by atoms with Gasteiger partial charge in [-0.2, -0.15) is 0 Å². The van der Waals surface area contributed by atoms with Crippen molar-refractivity contribution >= 4 is 11.6 Å². The molecule has 3 heteroatoms. The number of aliphatic hydroxyl groups is 1. The normalized spacial score (nSPS) is 14.4. The van der Waals surface area contributed by atoms with Gasteiger partial charge in [0.1, 0.15) is 0 Å². The zero-order chi connectivity index (χ0) is 13.2. The Bertz CT molecular complexity index is 622. The van der Waals surface area contributed by atoms with E-state index >= 15 is 0 Å². The van der Waals surface area contributed by atoms with Gasteiger partial charge in [0.15, 0.2) is 0 Å². The van der Waals surface area contributed by atoms with E-state index in [4.69, 9.17) is 0 Å². The number of carbonyl (C=O) groups is 1. The topological polar surface area (TPSA) is 40.5 Å². The van der Waals surface area contributed by atoms with Gasteiger partial charge in [-0.3, -0.25) is 4.79 Å². The molecule has 0 saturated heterocycles. The standard InChI is InChI=1S/C16H15NO2/c18-11-13-6-2-4-8-15(13)17-10-9-12-5-1-3-7-14(12)16(17)19/h1-8,18H,9-11H2. The molecule has 1 amide bonds. The summed E-state index contributed by atoms with van der Waals surface area (Å²) < 4.78 is 0. The van der Waals surface area contributed by atoms with Crippen molar-refractivity contribution in [2.24, 2.45) is 0 Å². The average Bonchev–Trinajstić information content (AvgIpc) is 2.48. The smallest absolute Gasteiger partial charge is 0.258 e. The Kier molecular flexibility index (Phi) is 3.05. The SMILES string of the molecule is O=C1c2ccccc2CCN1c1ccccc1CO. The monoisotopic (exact) mass is 253 g/mol. The fourth-order valence-corrected chi connectivity index (χ4v) is 2.56. The number of amides is 1. The molecule has 3 rings (SSSR count). The molecule has 3 nitrogen and oxygen atoms in total. The summed E-state index contributed by atoms with van der Waals surface area (Å²) in [6.07, 6.45) is 0.849. The number of nitrogens with zero attached hydrogens (tertiary/aromatic N) is 1. The molecule has 2 aromatic rings. The molecule has 1 aliphatic rings. The lowest BCUT2D eigenvalue weighted by atomic mass is 9.98. The molecule has 0 saturated carbocycles. The second kappa shape index (κ2) is 4.86. The van der Waals surface area contributed by atoms with Crippen LogP contribution in [0, 0.1) is 0 Å². The molecule has 19 heavy (non-hydrogen) atoms. The Morgan fingerprint density at radius 2 is 1.79 bits per heavy atom. The fraction of sp³-hybridized carbons (Fsp3) is 0.188. The summed E-state index contributed by atoms with van der Waals surface area (Å²) in [5.41, 5.74) is 3.46. The third-order valence-electron chi connectivity index (χ3n) is 3.55. The van der Waals surface area contributed by atoms with E-state index in [2.05, 4.69) is 0 Å². The zero-order valence-electron chi connectivity index (χ0n) is 10.5. The van der Waals surface area contributed by atoms with Crippen molar-refractivity contribution in [3.8, 4) is 0 Å². The van der Waals surface area contributed by atoms with E-state index in [1.165, 1.54) is 0 Å². The highest BCUT2D eigenvalue weighted by atomic mass is 16.3. The highest BCUT2D eigenvalue weighted by Gasteiger charge is 2.26. The summed E-state index contributed by atoms with van der Waals surface area (Å²) in [7, 11) is 0. The number of hydrogen-bond acceptors (Lipinski definition) is 2. The zero-order valence-corrected chi connectivity index (χ0v) is 10.5.